The second-order valence-electron chi connectivity index (χ2n) is 6.70. The summed E-state index contributed by atoms with van der Waals surface area (Å²) in [7, 11) is 0. The molecular weight excluding hydrogens is 262 g/mol. The first-order chi connectivity index (χ1) is 10.3. The maximum atomic E-state index is 5.96. The third-order valence-electron chi connectivity index (χ3n) is 5.10. The first kappa shape index (κ1) is 15.0. The van der Waals surface area contributed by atoms with Crippen LogP contribution in [-0.4, -0.2) is 35.1 Å². The molecule has 4 nitrogen and oxygen atoms in total. The van der Waals surface area contributed by atoms with E-state index >= 15 is 0 Å². The summed E-state index contributed by atoms with van der Waals surface area (Å²) in [5.41, 5.74) is 1.20. The maximum absolute atomic E-state index is 5.96. The Hall–Kier alpha value is -0.870. The number of hydrogen-bond acceptors (Lipinski definition) is 3. The molecule has 1 aromatic heterocycles. The van der Waals surface area contributed by atoms with Gasteiger partial charge < -0.3 is 10.1 Å². The van der Waals surface area contributed by atoms with Gasteiger partial charge in [-0.3, -0.25) is 4.68 Å². The van der Waals surface area contributed by atoms with Crippen LogP contribution in [0.2, 0.25) is 0 Å². The van der Waals surface area contributed by atoms with Gasteiger partial charge in [-0.2, -0.15) is 5.10 Å². The zero-order valence-corrected chi connectivity index (χ0v) is 13.4. The molecule has 1 N–H and O–H groups in total. The van der Waals surface area contributed by atoms with E-state index in [0.717, 1.165) is 19.6 Å². The second-order valence-corrected chi connectivity index (χ2v) is 6.70. The van der Waals surface area contributed by atoms with Crippen molar-refractivity contribution in [3.8, 4) is 0 Å². The highest BCUT2D eigenvalue weighted by Gasteiger charge is 2.32. The Bertz CT molecular complexity index is 439. The van der Waals surface area contributed by atoms with E-state index in [2.05, 4.69) is 36.1 Å². The first-order valence-corrected chi connectivity index (χ1v) is 8.67. The molecule has 0 amide bonds. The highest BCUT2D eigenvalue weighted by atomic mass is 16.5. The SMILES string of the molecule is CCNC(Cc1ccn(C2CCCC2)n1)C1OCCC1C. The van der Waals surface area contributed by atoms with Gasteiger partial charge in [-0.15, -0.1) is 0 Å². The van der Waals surface area contributed by atoms with E-state index < -0.39 is 0 Å². The van der Waals surface area contributed by atoms with E-state index in [1.165, 1.54) is 37.8 Å². The molecule has 4 heteroatoms. The van der Waals surface area contributed by atoms with Crippen LogP contribution in [0.1, 0.15) is 57.7 Å². The predicted molar refractivity (Wildman–Crippen MR) is 84.4 cm³/mol. The van der Waals surface area contributed by atoms with Crippen molar-refractivity contribution in [1.82, 2.24) is 15.1 Å². The molecule has 3 atom stereocenters. The topological polar surface area (TPSA) is 39.1 Å². The summed E-state index contributed by atoms with van der Waals surface area (Å²) in [6.07, 6.45) is 9.96. The minimum atomic E-state index is 0.335. The van der Waals surface area contributed by atoms with Crippen LogP contribution in [0.25, 0.3) is 0 Å². The number of nitrogens with zero attached hydrogens (tertiary/aromatic N) is 2. The first-order valence-electron chi connectivity index (χ1n) is 8.67. The zero-order valence-electron chi connectivity index (χ0n) is 13.4. The zero-order chi connectivity index (χ0) is 14.7. The van der Waals surface area contributed by atoms with Crippen molar-refractivity contribution in [3.63, 3.8) is 0 Å². The van der Waals surface area contributed by atoms with Gasteiger partial charge >= 0.3 is 0 Å². The Morgan fingerprint density at radius 3 is 2.86 bits per heavy atom. The third-order valence-corrected chi connectivity index (χ3v) is 5.10. The molecule has 2 aliphatic rings. The molecular formula is C17H29N3O. The fourth-order valence-corrected chi connectivity index (χ4v) is 3.88. The molecule has 1 aromatic rings. The van der Waals surface area contributed by atoms with Crippen molar-refractivity contribution in [3.05, 3.63) is 18.0 Å². The Kier molecular flexibility index (Phi) is 4.96. The highest BCUT2D eigenvalue weighted by molar-refractivity contribution is 5.04. The molecule has 1 saturated heterocycles. The Morgan fingerprint density at radius 2 is 2.19 bits per heavy atom. The van der Waals surface area contributed by atoms with Gasteiger partial charge in [-0.05, 0) is 37.8 Å². The second kappa shape index (κ2) is 6.93. The number of rotatable bonds is 6. The molecule has 0 bridgehead atoms. The van der Waals surface area contributed by atoms with Crippen molar-refractivity contribution in [2.75, 3.05) is 13.2 Å². The minimum absolute atomic E-state index is 0.335. The number of nitrogens with one attached hydrogen (secondary N) is 1. The smallest absolute Gasteiger partial charge is 0.0758 e. The van der Waals surface area contributed by atoms with Crippen LogP contribution in [0.5, 0.6) is 0 Å². The van der Waals surface area contributed by atoms with Gasteiger partial charge in [0.25, 0.3) is 0 Å². The predicted octanol–water partition coefficient (Wildman–Crippen LogP) is 2.94. The summed E-state index contributed by atoms with van der Waals surface area (Å²) in [5.74, 6) is 0.644. The van der Waals surface area contributed by atoms with Crippen LogP contribution in [-0.2, 0) is 11.2 Å². The Balaban J connectivity index is 1.64. The van der Waals surface area contributed by atoms with Gasteiger partial charge in [0.15, 0.2) is 0 Å². The molecule has 21 heavy (non-hydrogen) atoms. The van der Waals surface area contributed by atoms with Crippen LogP contribution >= 0.6 is 0 Å². The largest absolute Gasteiger partial charge is 0.376 e. The summed E-state index contributed by atoms with van der Waals surface area (Å²) in [6, 6.07) is 3.22. The van der Waals surface area contributed by atoms with Crippen LogP contribution in [0.15, 0.2) is 12.3 Å². The van der Waals surface area contributed by atoms with Crippen molar-refractivity contribution in [2.45, 2.75) is 70.6 Å². The van der Waals surface area contributed by atoms with Crippen molar-refractivity contribution in [1.29, 1.82) is 0 Å². The van der Waals surface area contributed by atoms with E-state index in [0.29, 0.717) is 24.1 Å². The van der Waals surface area contributed by atoms with Crippen LogP contribution < -0.4 is 5.32 Å². The number of aromatic nitrogens is 2. The lowest BCUT2D eigenvalue weighted by Gasteiger charge is -2.26. The van der Waals surface area contributed by atoms with Gasteiger partial charge in [-0.25, -0.2) is 0 Å². The van der Waals surface area contributed by atoms with Crippen LogP contribution in [0, 0.1) is 5.92 Å². The van der Waals surface area contributed by atoms with E-state index in [1.54, 1.807) is 0 Å². The maximum Gasteiger partial charge on any atom is 0.0758 e. The molecule has 3 unspecified atom stereocenters. The molecule has 1 saturated carbocycles. The fourth-order valence-electron chi connectivity index (χ4n) is 3.88. The molecule has 1 aliphatic heterocycles. The van der Waals surface area contributed by atoms with Crippen molar-refractivity contribution in [2.24, 2.45) is 5.92 Å². The normalized spacial score (nSPS) is 28.3. The lowest BCUT2D eigenvalue weighted by molar-refractivity contribution is 0.0611. The molecule has 0 radical (unpaired) electrons. The average molecular weight is 291 g/mol. The van der Waals surface area contributed by atoms with Gasteiger partial charge in [0.1, 0.15) is 0 Å². The summed E-state index contributed by atoms with van der Waals surface area (Å²) in [6.45, 7) is 6.37. The molecule has 0 spiro atoms. The van der Waals surface area contributed by atoms with Gasteiger partial charge in [0.2, 0.25) is 0 Å². The molecule has 1 aliphatic carbocycles. The summed E-state index contributed by atoms with van der Waals surface area (Å²) in [5, 5.41) is 8.44. The summed E-state index contributed by atoms with van der Waals surface area (Å²) < 4.78 is 8.16. The van der Waals surface area contributed by atoms with E-state index in [-0.39, 0.29) is 0 Å². The quantitative estimate of drug-likeness (QED) is 0.876. The molecule has 2 heterocycles. The van der Waals surface area contributed by atoms with Crippen LogP contribution in [0.4, 0.5) is 0 Å². The summed E-state index contributed by atoms with van der Waals surface area (Å²) in [4.78, 5) is 0. The highest BCUT2D eigenvalue weighted by Crippen LogP contribution is 2.29. The molecule has 118 valence electrons. The average Bonchev–Trinajstić information content (AvgIpc) is 3.18. The Morgan fingerprint density at radius 1 is 1.38 bits per heavy atom. The Labute approximate surface area is 128 Å². The monoisotopic (exact) mass is 291 g/mol. The minimum Gasteiger partial charge on any atom is -0.376 e. The van der Waals surface area contributed by atoms with Crippen LogP contribution in [0.3, 0.4) is 0 Å². The van der Waals surface area contributed by atoms with Crippen molar-refractivity contribution >= 4 is 0 Å². The number of ether oxygens (including phenoxy) is 1. The standard InChI is InChI=1S/C17H29N3O/c1-3-18-16(17-13(2)9-11-21-17)12-14-8-10-20(19-14)15-6-4-5-7-15/h8,10,13,15-18H,3-7,9,11-12H2,1-2H3. The van der Waals surface area contributed by atoms with Gasteiger partial charge in [0, 0.05) is 25.3 Å². The van der Waals surface area contributed by atoms with E-state index in [9.17, 15) is 0 Å². The molecule has 3 rings (SSSR count). The van der Waals surface area contributed by atoms with E-state index in [4.69, 9.17) is 9.84 Å². The fraction of sp³-hybridized carbons (Fsp3) is 0.824. The number of hydrogen-bond donors (Lipinski definition) is 1. The van der Waals surface area contributed by atoms with Gasteiger partial charge in [0.05, 0.1) is 17.8 Å². The van der Waals surface area contributed by atoms with E-state index in [1.807, 2.05) is 0 Å². The van der Waals surface area contributed by atoms with Crippen molar-refractivity contribution < 1.29 is 4.74 Å². The third kappa shape index (κ3) is 3.49. The number of likely N-dealkylation sites (N-methyl/N-ethyl adjacent to an activating group) is 1. The lowest BCUT2D eigenvalue weighted by Crippen LogP contribution is -2.43. The molecule has 0 aromatic carbocycles. The summed E-state index contributed by atoms with van der Waals surface area (Å²) >= 11 is 0. The molecule has 2 fully saturated rings. The lowest BCUT2D eigenvalue weighted by atomic mass is 9.94. The van der Waals surface area contributed by atoms with Gasteiger partial charge in [-0.1, -0.05) is 26.7 Å².